The van der Waals surface area contributed by atoms with Crippen LogP contribution in [0.4, 0.5) is 15.0 Å². The number of hydrogen-bond donors (Lipinski definition) is 3. The Balaban J connectivity index is 2.12. The number of aromatic nitrogens is 1. The summed E-state index contributed by atoms with van der Waals surface area (Å²) < 4.78 is 19.5. The maximum absolute atomic E-state index is 14.3. The number of halogens is 2. The lowest BCUT2D eigenvalue weighted by Gasteiger charge is -2.33. The van der Waals surface area contributed by atoms with Gasteiger partial charge in [0.05, 0.1) is 11.6 Å². The molecule has 2 amide bonds. The van der Waals surface area contributed by atoms with Crippen LogP contribution in [0.3, 0.4) is 0 Å². The lowest BCUT2D eigenvalue weighted by atomic mass is 9.90. The van der Waals surface area contributed by atoms with E-state index in [9.17, 15) is 14.0 Å². The van der Waals surface area contributed by atoms with Crippen LogP contribution in [0.5, 0.6) is 0 Å². The fraction of sp³-hybridized carbons (Fsp3) is 0.588. The molecule has 0 spiro atoms. The minimum atomic E-state index is -0.852. The molecule has 0 bridgehead atoms. The minimum Gasteiger partial charge on any atom is -0.444 e. The van der Waals surface area contributed by atoms with Crippen LogP contribution >= 0.6 is 11.6 Å². The van der Waals surface area contributed by atoms with E-state index in [2.05, 4.69) is 15.6 Å². The molecule has 1 aliphatic carbocycles. The monoisotopic (exact) mass is 386 g/mol. The summed E-state index contributed by atoms with van der Waals surface area (Å²) in [6.07, 6.45) is 2.80. The quantitative estimate of drug-likeness (QED) is 0.689. The molecule has 7 nitrogen and oxygen atoms in total. The van der Waals surface area contributed by atoms with Crippen LogP contribution in [0.15, 0.2) is 6.07 Å². The summed E-state index contributed by atoms with van der Waals surface area (Å²) in [5.74, 6) is -1.66. The first-order chi connectivity index (χ1) is 12.1. The fourth-order valence-electron chi connectivity index (χ4n) is 2.85. The Labute approximate surface area is 156 Å². The molecule has 4 N–H and O–H groups in total. The first-order valence-corrected chi connectivity index (χ1v) is 8.86. The van der Waals surface area contributed by atoms with Crippen molar-refractivity contribution in [1.82, 2.24) is 10.3 Å². The van der Waals surface area contributed by atoms with Gasteiger partial charge < -0.3 is 21.1 Å². The third-order valence-electron chi connectivity index (χ3n) is 3.99. The minimum absolute atomic E-state index is 0.0807. The summed E-state index contributed by atoms with van der Waals surface area (Å²) in [5.41, 5.74) is 4.35. The van der Waals surface area contributed by atoms with Crippen molar-refractivity contribution in [3.63, 3.8) is 0 Å². The highest BCUT2D eigenvalue weighted by molar-refractivity contribution is 6.32. The normalized spacial score (nSPS) is 20.3. The highest BCUT2D eigenvalue weighted by atomic mass is 35.5. The van der Waals surface area contributed by atoms with Gasteiger partial charge in [-0.15, -0.1) is 0 Å². The van der Waals surface area contributed by atoms with E-state index >= 15 is 0 Å². The van der Waals surface area contributed by atoms with Gasteiger partial charge in [0.15, 0.2) is 11.6 Å². The Morgan fingerprint density at radius 2 is 1.92 bits per heavy atom. The Kier molecular flexibility index (Phi) is 6.28. The molecular formula is C17H24ClFN4O3. The average molecular weight is 387 g/mol. The first-order valence-electron chi connectivity index (χ1n) is 8.48. The number of primary amides is 1. The van der Waals surface area contributed by atoms with E-state index in [1.807, 2.05) is 0 Å². The maximum atomic E-state index is 14.3. The number of nitrogens with one attached hydrogen (secondary N) is 2. The summed E-state index contributed by atoms with van der Waals surface area (Å²) in [4.78, 5) is 27.1. The van der Waals surface area contributed by atoms with Crippen LogP contribution in [0.25, 0.3) is 0 Å². The van der Waals surface area contributed by atoms with Gasteiger partial charge in [-0.1, -0.05) is 24.4 Å². The molecule has 1 saturated carbocycles. The molecule has 1 fully saturated rings. The van der Waals surface area contributed by atoms with Crippen molar-refractivity contribution in [2.45, 2.75) is 64.1 Å². The van der Waals surface area contributed by atoms with Crippen molar-refractivity contribution in [3.05, 3.63) is 22.6 Å². The highest BCUT2D eigenvalue weighted by Gasteiger charge is 2.29. The second-order valence-corrected chi connectivity index (χ2v) is 7.67. The number of pyridine rings is 1. The number of nitrogens with zero attached hydrogens (tertiary/aromatic N) is 1. The predicted molar refractivity (Wildman–Crippen MR) is 96.8 cm³/mol. The second kappa shape index (κ2) is 8.07. The maximum Gasteiger partial charge on any atom is 0.407 e. The van der Waals surface area contributed by atoms with E-state index in [1.54, 1.807) is 20.8 Å². The van der Waals surface area contributed by atoms with Gasteiger partial charge in [0, 0.05) is 6.04 Å². The number of carbonyl (C=O) groups is 2. The number of nitrogens with two attached hydrogens (primary N) is 1. The molecule has 0 radical (unpaired) electrons. The van der Waals surface area contributed by atoms with E-state index < -0.39 is 23.4 Å². The zero-order valence-electron chi connectivity index (χ0n) is 15.1. The van der Waals surface area contributed by atoms with Crippen LogP contribution in [-0.2, 0) is 4.74 Å². The van der Waals surface area contributed by atoms with Crippen LogP contribution in [-0.4, -0.2) is 34.7 Å². The molecule has 0 aromatic carbocycles. The number of hydrogen-bond acceptors (Lipinski definition) is 5. The topological polar surface area (TPSA) is 106 Å². The summed E-state index contributed by atoms with van der Waals surface area (Å²) in [7, 11) is 0. The molecule has 1 heterocycles. The van der Waals surface area contributed by atoms with Crippen molar-refractivity contribution in [2.75, 3.05) is 5.32 Å². The van der Waals surface area contributed by atoms with Gasteiger partial charge in [-0.05, 0) is 39.7 Å². The summed E-state index contributed by atoms with van der Waals surface area (Å²) in [5, 5.41) is 5.64. The molecule has 26 heavy (non-hydrogen) atoms. The van der Waals surface area contributed by atoms with Crippen LogP contribution in [0.1, 0.15) is 56.8 Å². The molecule has 2 rings (SSSR count). The standard InChI is InChI=1S/C17H24ClFN4O3/c1-17(2,3)26-16(25)22-12-7-5-4-6-11(12)21-15-10(19)8-9(14(20)24)13(18)23-15/h8,11-12H,4-7H2,1-3H3,(H2,20,24)(H,21,23)(H,22,25)/t11?,12-/m0/s1. The van der Waals surface area contributed by atoms with Crippen LogP contribution < -0.4 is 16.4 Å². The fourth-order valence-corrected chi connectivity index (χ4v) is 3.08. The predicted octanol–water partition coefficient (Wildman–Crippen LogP) is 3.22. The Morgan fingerprint density at radius 1 is 1.31 bits per heavy atom. The number of anilines is 1. The number of ether oxygens (including phenoxy) is 1. The van der Waals surface area contributed by atoms with Gasteiger partial charge in [0.1, 0.15) is 10.8 Å². The molecule has 2 atom stereocenters. The van der Waals surface area contributed by atoms with Gasteiger partial charge in [0.2, 0.25) is 0 Å². The largest absolute Gasteiger partial charge is 0.444 e. The van der Waals surface area contributed by atoms with Crippen LogP contribution in [0.2, 0.25) is 5.15 Å². The second-order valence-electron chi connectivity index (χ2n) is 7.31. The zero-order valence-corrected chi connectivity index (χ0v) is 15.8. The Morgan fingerprint density at radius 3 is 2.50 bits per heavy atom. The summed E-state index contributed by atoms with van der Waals surface area (Å²) >= 11 is 5.90. The van der Waals surface area contributed by atoms with E-state index in [1.165, 1.54) is 0 Å². The molecule has 1 aliphatic rings. The molecule has 0 aliphatic heterocycles. The summed E-state index contributed by atoms with van der Waals surface area (Å²) in [6.45, 7) is 5.35. The average Bonchev–Trinajstić information content (AvgIpc) is 2.50. The molecule has 0 saturated heterocycles. The lowest BCUT2D eigenvalue weighted by molar-refractivity contribution is 0.0488. The van der Waals surface area contributed by atoms with E-state index in [0.29, 0.717) is 0 Å². The van der Waals surface area contributed by atoms with Gasteiger partial charge in [0.25, 0.3) is 5.91 Å². The summed E-state index contributed by atoms with van der Waals surface area (Å²) in [6, 6.07) is 0.474. The van der Waals surface area contributed by atoms with Gasteiger partial charge in [-0.2, -0.15) is 0 Å². The number of alkyl carbamates (subject to hydrolysis) is 1. The van der Waals surface area contributed by atoms with Crippen molar-refractivity contribution in [1.29, 1.82) is 0 Å². The molecule has 1 unspecified atom stereocenters. The number of rotatable bonds is 4. The van der Waals surface area contributed by atoms with Crippen molar-refractivity contribution in [2.24, 2.45) is 5.73 Å². The molecule has 1 aromatic rings. The molecular weight excluding hydrogens is 363 g/mol. The third kappa shape index (κ3) is 5.45. The van der Waals surface area contributed by atoms with Gasteiger partial charge >= 0.3 is 6.09 Å². The zero-order chi connectivity index (χ0) is 19.5. The molecule has 9 heteroatoms. The van der Waals surface area contributed by atoms with Gasteiger partial charge in [-0.3, -0.25) is 4.79 Å². The number of amides is 2. The Bertz CT molecular complexity index is 693. The molecule has 1 aromatic heterocycles. The van der Waals surface area contributed by atoms with Crippen molar-refractivity contribution >= 4 is 29.4 Å². The molecule has 144 valence electrons. The highest BCUT2D eigenvalue weighted by Crippen LogP contribution is 2.25. The number of carbonyl (C=O) groups excluding carboxylic acids is 2. The van der Waals surface area contributed by atoms with Gasteiger partial charge in [-0.25, -0.2) is 14.2 Å². The van der Waals surface area contributed by atoms with E-state index in [0.717, 1.165) is 31.7 Å². The first kappa shape index (κ1) is 20.2. The van der Waals surface area contributed by atoms with E-state index in [4.69, 9.17) is 22.1 Å². The van der Waals surface area contributed by atoms with Crippen molar-refractivity contribution in [3.8, 4) is 0 Å². The third-order valence-corrected chi connectivity index (χ3v) is 4.27. The van der Waals surface area contributed by atoms with Crippen molar-refractivity contribution < 1.29 is 18.7 Å². The Hall–Kier alpha value is -2.09. The van der Waals surface area contributed by atoms with Crippen LogP contribution in [0, 0.1) is 5.82 Å². The lowest BCUT2D eigenvalue weighted by Crippen LogP contribution is -2.50. The smallest absolute Gasteiger partial charge is 0.407 e. The van der Waals surface area contributed by atoms with E-state index in [-0.39, 0.29) is 28.6 Å². The SMILES string of the molecule is CC(C)(C)OC(=O)N[C@H]1CCCCC1Nc1nc(Cl)c(C(N)=O)cc1F.